The van der Waals surface area contributed by atoms with E-state index in [2.05, 4.69) is 26.1 Å². The van der Waals surface area contributed by atoms with Crippen molar-refractivity contribution in [2.24, 2.45) is 0 Å². The third kappa shape index (κ3) is 2.70. The maximum Gasteiger partial charge on any atom is 0.333 e. The number of benzene rings is 1. The molecule has 0 radical (unpaired) electrons. The number of carboxylic acid groups (broad SMARTS) is 1. The van der Waals surface area contributed by atoms with Crippen molar-refractivity contribution in [2.45, 2.75) is 38.6 Å². The van der Waals surface area contributed by atoms with Gasteiger partial charge in [0, 0.05) is 0 Å². The minimum atomic E-state index is -1.39. The zero-order valence-electron chi connectivity index (χ0n) is 11.2. The summed E-state index contributed by atoms with van der Waals surface area (Å²) in [6.45, 7) is 7.72. The van der Waals surface area contributed by atoms with E-state index in [1.165, 1.54) is 6.92 Å². The van der Waals surface area contributed by atoms with E-state index in [0.29, 0.717) is 12.0 Å². The standard InChI is InChI=1S/C14H19NO3/c1-13(2,3)10-5-7-11(8-6-10)14(4,12(17)18)15-9-16/h5-9H,1-4H3,(H,15,16)(H,17,18). The fraction of sp³-hybridized carbons (Fsp3) is 0.429. The van der Waals surface area contributed by atoms with Crippen molar-refractivity contribution in [2.75, 3.05) is 0 Å². The highest BCUT2D eigenvalue weighted by Gasteiger charge is 2.34. The van der Waals surface area contributed by atoms with Gasteiger partial charge in [-0.25, -0.2) is 4.79 Å². The summed E-state index contributed by atoms with van der Waals surface area (Å²) in [4.78, 5) is 21.8. The Balaban J connectivity index is 3.17. The first-order valence-corrected chi connectivity index (χ1v) is 5.77. The lowest BCUT2D eigenvalue weighted by atomic mass is 9.84. The third-order valence-electron chi connectivity index (χ3n) is 3.10. The number of hydrogen-bond donors (Lipinski definition) is 2. The first-order valence-electron chi connectivity index (χ1n) is 5.77. The van der Waals surface area contributed by atoms with E-state index in [9.17, 15) is 14.7 Å². The molecule has 1 aromatic rings. The van der Waals surface area contributed by atoms with E-state index < -0.39 is 11.5 Å². The van der Waals surface area contributed by atoms with E-state index in [4.69, 9.17) is 0 Å². The lowest BCUT2D eigenvalue weighted by Crippen LogP contribution is -2.46. The molecule has 18 heavy (non-hydrogen) atoms. The van der Waals surface area contributed by atoms with Crippen molar-refractivity contribution >= 4 is 12.4 Å². The van der Waals surface area contributed by atoms with Crippen molar-refractivity contribution in [3.63, 3.8) is 0 Å². The molecule has 0 spiro atoms. The molecule has 98 valence electrons. The number of nitrogens with one attached hydrogen (secondary N) is 1. The summed E-state index contributed by atoms with van der Waals surface area (Å²) in [5.74, 6) is -1.09. The highest BCUT2D eigenvalue weighted by Crippen LogP contribution is 2.26. The van der Waals surface area contributed by atoms with Gasteiger partial charge in [-0.15, -0.1) is 0 Å². The molecule has 0 saturated heterocycles. The second-order valence-electron chi connectivity index (χ2n) is 5.52. The Kier molecular flexibility index (Phi) is 3.79. The first kappa shape index (κ1) is 14.2. The topological polar surface area (TPSA) is 66.4 Å². The summed E-state index contributed by atoms with van der Waals surface area (Å²) in [7, 11) is 0. The predicted molar refractivity (Wildman–Crippen MR) is 69.3 cm³/mol. The van der Waals surface area contributed by atoms with E-state index in [-0.39, 0.29) is 5.41 Å². The zero-order valence-corrected chi connectivity index (χ0v) is 11.2. The summed E-state index contributed by atoms with van der Waals surface area (Å²) < 4.78 is 0. The summed E-state index contributed by atoms with van der Waals surface area (Å²) >= 11 is 0. The Morgan fingerprint density at radius 2 is 1.56 bits per heavy atom. The second kappa shape index (κ2) is 4.80. The Hall–Kier alpha value is -1.84. The fourth-order valence-corrected chi connectivity index (χ4v) is 1.69. The molecular weight excluding hydrogens is 230 g/mol. The van der Waals surface area contributed by atoms with Crippen LogP contribution in [0.1, 0.15) is 38.8 Å². The van der Waals surface area contributed by atoms with Crippen molar-refractivity contribution in [1.29, 1.82) is 0 Å². The maximum absolute atomic E-state index is 11.3. The molecule has 0 heterocycles. The van der Waals surface area contributed by atoms with Gasteiger partial charge in [-0.3, -0.25) is 4.79 Å². The molecule has 4 nitrogen and oxygen atoms in total. The van der Waals surface area contributed by atoms with Crippen LogP contribution in [0.2, 0.25) is 0 Å². The van der Waals surface area contributed by atoms with Gasteiger partial charge in [-0.1, -0.05) is 45.0 Å². The molecule has 1 atom stereocenters. The molecule has 0 saturated carbocycles. The summed E-state index contributed by atoms with van der Waals surface area (Å²) in [6, 6.07) is 7.27. The Labute approximate surface area is 107 Å². The number of amides is 1. The van der Waals surface area contributed by atoms with Crippen LogP contribution >= 0.6 is 0 Å². The predicted octanol–water partition coefficient (Wildman–Crippen LogP) is 2.03. The zero-order chi connectivity index (χ0) is 14.0. The molecule has 1 amide bonds. The highest BCUT2D eigenvalue weighted by atomic mass is 16.4. The van der Waals surface area contributed by atoms with Crippen LogP contribution in [-0.4, -0.2) is 17.5 Å². The van der Waals surface area contributed by atoms with Gasteiger partial charge in [0.25, 0.3) is 0 Å². The van der Waals surface area contributed by atoms with Crippen LogP contribution < -0.4 is 5.32 Å². The van der Waals surface area contributed by atoms with Crippen LogP contribution in [0, 0.1) is 0 Å². The highest BCUT2D eigenvalue weighted by molar-refractivity contribution is 5.82. The summed E-state index contributed by atoms with van der Waals surface area (Å²) in [6.07, 6.45) is 0.409. The number of carbonyl (C=O) groups is 2. The number of carbonyl (C=O) groups excluding carboxylic acids is 1. The summed E-state index contributed by atoms with van der Waals surface area (Å²) in [5.41, 5.74) is 0.286. The van der Waals surface area contributed by atoms with Gasteiger partial charge in [-0.2, -0.15) is 0 Å². The quantitative estimate of drug-likeness (QED) is 0.802. The van der Waals surface area contributed by atoms with Crippen LogP contribution in [0.15, 0.2) is 24.3 Å². The Morgan fingerprint density at radius 3 is 1.89 bits per heavy atom. The average molecular weight is 249 g/mol. The fourth-order valence-electron chi connectivity index (χ4n) is 1.69. The van der Waals surface area contributed by atoms with Crippen molar-refractivity contribution in [1.82, 2.24) is 5.32 Å². The van der Waals surface area contributed by atoms with Crippen LogP contribution in [0.3, 0.4) is 0 Å². The Morgan fingerprint density at radius 1 is 1.11 bits per heavy atom. The molecule has 0 aliphatic carbocycles. The van der Waals surface area contributed by atoms with Crippen molar-refractivity contribution in [3.05, 3.63) is 35.4 Å². The van der Waals surface area contributed by atoms with Gasteiger partial charge in [0.05, 0.1) is 0 Å². The van der Waals surface area contributed by atoms with Gasteiger partial charge in [0.1, 0.15) is 0 Å². The second-order valence-corrected chi connectivity index (χ2v) is 5.52. The maximum atomic E-state index is 11.3. The van der Waals surface area contributed by atoms with Crippen LogP contribution in [-0.2, 0) is 20.5 Å². The lowest BCUT2D eigenvalue weighted by Gasteiger charge is -2.26. The molecule has 0 aliphatic rings. The SMILES string of the molecule is CC(C)(C)c1ccc(C(C)(NC=O)C(=O)O)cc1. The normalized spacial score (nSPS) is 14.7. The van der Waals surface area contributed by atoms with E-state index in [0.717, 1.165) is 5.56 Å². The molecule has 1 unspecified atom stereocenters. The third-order valence-corrected chi connectivity index (χ3v) is 3.10. The molecule has 0 fully saturated rings. The van der Waals surface area contributed by atoms with Gasteiger partial charge in [0.2, 0.25) is 6.41 Å². The van der Waals surface area contributed by atoms with Crippen LogP contribution in [0.5, 0.6) is 0 Å². The van der Waals surface area contributed by atoms with Gasteiger partial charge in [-0.05, 0) is 23.5 Å². The molecule has 0 aliphatic heterocycles. The van der Waals surface area contributed by atoms with Gasteiger partial charge in [0.15, 0.2) is 5.54 Å². The number of aliphatic carboxylic acids is 1. The molecule has 4 heteroatoms. The van der Waals surface area contributed by atoms with E-state index in [1.807, 2.05) is 12.1 Å². The molecular formula is C14H19NO3. The number of carboxylic acids is 1. The largest absolute Gasteiger partial charge is 0.479 e. The molecule has 2 N–H and O–H groups in total. The van der Waals surface area contributed by atoms with Crippen LogP contribution in [0.4, 0.5) is 0 Å². The molecule has 1 rings (SSSR count). The number of hydrogen-bond acceptors (Lipinski definition) is 2. The lowest BCUT2D eigenvalue weighted by molar-refractivity contribution is -0.145. The van der Waals surface area contributed by atoms with Crippen LogP contribution in [0.25, 0.3) is 0 Å². The summed E-state index contributed by atoms with van der Waals surface area (Å²) in [5, 5.41) is 11.6. The molecule has 0 bridgehead atoms. The van der Waals surface area contributed by atoms with Crippen molar-refractivity contribution < 1.29 is 14.7 Å². The minimum Gasteiger partial charge on any atom is -0.479 e. The minimum absolute atomic E-state index is 0.0102. The molecule has 1 aromatic carbocycles. The Bertz CT molecular complexity index is 445. The van der Waals surface area contributed by atoms with Crippen molar-refractivity contribution in [3.8, 4) is 0 Å². The number of rotatable bonds is 4. The average Bonchev–Trinajstić information content (AvgIpc) is 2.28. The first-order chi connectivity index (χ1) is 8.21. The van der Waals surface area contributed by atoms with Gasteiger partial charge < -0.3 is 10.4 Å². The van der Waals surface area contributed by atoms with E-state index >= 15 is 0 Å². The van der Waals surface area contributed by atoms with E-state index in [1.54, 1.807) is 12.1 Å². The van der Waals surface area contributed by atoms with Gasteiger partial charge >= 0.3 is 5.97 Å². The monoisotopic (exact) mass is 249 g/mol. The molecule has 0 aromatic heterocycles. The smallest absolute Gasteiger partial charge is 0.333 e.